The lowest BCUT2D eigenvalue weighted by atomic mass is 9.88. The SMILES string of the molecule is CN=C(NCC1(NC(C)c2ccccc2)CCOCC1)NCC(C)(C)OC. The molecule has 1 aromatic carbocycles. The van der Waals surface area contributed by atoms with Crippen LogP contribution in [0.5, 0.6) is 0 Å². The number of ether oxygens (including phenoxy) is 2. The first-order chi connectivity index (χ1) is 12.9. The van der Waals surface area contributed by atoms with Crippen LogP contribution < -0.4 is 16.0 Å². The van der Waals surface area contributed by atoms with Crippen molar-refractivity contribution in [1.82, 2.24) is 16.0 Å². The van der Waals surface area contributed by atoms with Crippen LogP contribution in [-0.4, -0.2) is 57.6 Å². The molecule has 1 heterocycles. The highest BCUT2D eigenvalue weighted by molar-refractivity contribution is 5.79. The van der Waals surface area contributed by atoms with E-state index in [-0.39, 0.29) is 17.2 Å². The average molecular weight is 377 g/mol. The maximum absolute atomic E-state index is 5.62. The summed E-state index contributed by atoms with van der Waals surface area (Å²) in [6, 6.07) is 10.8. The second-order valence-electron chi connectivity index (χ2n) is 7.91. The minimum absolute atomic E-state index is 0.0259. The summed E-state index contributed by atoms with van der Waals surface area (Å²) in [5, 5.41) is 10.7. The summed E-state index contributed by atoms with van der Waals surface area (Å²) in [6.45, 7) is 9.36. The van der Waals surface area contributed by atoms with Crippen LogP contribution in [0.15, 0.2) is 35.3 Å². The van der Waals surface area contributed by atoms with Crippen LogP contribution in [0.25, 0.3) is 0 Å². The van der Waals surface area contributed by atoms with Crippen molar-refractivity contribution in [1.29, 1.82) is 0 Å². The molecule has 0 bridgehead atoms. The third-order valence-corrected chi connectivity index (χ3v) is 5.32. The molecule has 3 N–H and O–H groups in total. The predicted molar refractivity (Wildman–Crippen MR) is 111 cm³/mol. The zero-order valence-electron chi connectivity index (χ0n) is 17.5. The molecular formula is C21H36N4O2. The van der Waals surface area contributed by atoms with Crippen LogP contribution in [0.3, 0.4) is 0 Å². The van der Waals surface area contributed by atoms with Gasteiger partial charge in [-0.3, -0.25) is 4.99 Å². The molecule has 1 aliphatic heterocycles. The fraction of sp³-hybridized carbons (Fsp3) is 0.667. The Morgan fingerprint density at radius 2 is 1.89 bits per heavy atom. The monoisotopic (exact) mass is 376 g/mol. The summed E-state index contributed by atoms with van der Waals surface area (Å²) in [7, 11) is 3.52. The molecule has 1 atom stereocenters. The Bertz CT molecular complexity index is 583. The zero-order chi connectivity index (χ0) is 19.8. The second kappa shape index (κ2) is 10.1. The first-order valence-corrected chi connectivity index (χ1v) is 9.80. The van der Waals surface area contributed by atoms with Gasteiger partial charge in [0.25, 0.3) is 0 Å². The minimum Gasteiger partial charge on any atom is -0.381 e. The van der Waals surface area contributed by atoms with Crippen molar-refractivity contribution in [3.05, 3.63) is 35.9 Å². The smallest absolute Gasteiger partial charge is 0.191 e. The molecule has 1 aliphatic rings. The molecule has 0 spiro atoms. The lowest BCUT2D eigenvalue weighted by Gasteiger charge is -2.41. The Labute approximate surface area is 164 Å². The van der Waals surface area contributed by atoms with Crippen molar-refractivity contribution >= 4 is 5.96 Å². The highest BCUT2D eigenvalue weighted by Crippen LogP contribution is 2.25. The molecule has 1 unspecified atom stereocenters. The Kier molecular flexibility index (Phi) is 8.07. The summed E-state index contributed by atoms with van der Waals surface area (Å²) in [4.78, 5) is 4.36. The molecule has 27 heavy (non-hydrogen) atoms. The van der Waals surface area contributed by atoms with Gasteiger partial charge in [-0.2, -0.15) is 0 Å². The van der Waals surface area contributed by atoms with Gasteiger partial charge in [0.2, 0.25) is 0 Å². The molecule has 0 aliphatic carbocycles. The van der Waals surface area contributed by atoms with Gasteiger partial charge in [-0.1, -0.05) is 30.3 Å². The predicted octanol–water partition coefficient (Wildman–Crippen LogP) is 2.48. The Morgan fingerprint density at radius 1 is 1.22 bits per heavy atom. The van der Waals surface area contributed by atoms with Crippen LogP contribution >= 0.6 is 0 Å². The normalized spacial score (nSPS) is 18.8. The van der Waals surface area contributed by atoms with Gasteiger partial charge in [0.05, 0.1) is 5.60 Å². The maximum Gasteiger partial charge on any atom is 0.191 e. The molecule has 0 saturated carbocycles. The summed E-state index contributed by atoms with van der Waals surface area (Å²) in [5.74, 6) is 0.792. The molecule has 0 aromatic heterocycles. The number of guanidine groups is 1. The van der Waals surface area contributed by atoms with E-state index in [1.807, 2.05) is 0 Å². The topological polar surface area (TPSA) is 66.9 Å². The average Bonchev–Trinajstić information content (AvgIpc) is 2.69. The Morgan fingerprint density at radius 3 is 2.48 bits per heavy atom. The Balaban J connectivity index is 1.98. The van der Waals surface area contributed by atoms with E-state index in [2.05, 4.69) is 72.0 Å². The molecule has 2 rings (SSSR count). The fourth-order valence-electron chi connectivity index (χ4n) is 3.26. The number of nitrogens with one attached hydrogen (secondary N) is 3. The Hall–Kier alpha value is -1.63. The largest absolute Gasteiger partial charge is 0.381 e. The van der Waals surface area contributed by atoms with Gasteiger partial charge in [-0.05, 0) is 39.2 Å². The third kappa shape index (κ3) is 6.79. The summed E-state index contributed by atoms with van der Waals surface area (Å²) >= 11 is 0. The standard InChI is InChI=1S/C21H36N4O2/c1-17(18-9-7-6-8-10-18)25-21(11-13-27-14-12-21)16-24-19(22-4)23-15-20(2,3)26-5/h6-10,17,25H,11-16H2,1-5H3,(H2,22,23,24). The van der Waals surface area contributed by atoms with Crippen molar-refractivity contribution < 1.29 is 9.47 Å². The number of nitrogens with zero attached hydrogens (tertiary/aromatic N) is 1. The highest BCUT2D eigenvalue weighted by Gasteiger charge is 2.34. The van der Waals surface area contributed by atoms with E-state index in [0.717, 1.165) is 38.6 Å². The van der Waals surface area contributed by atoms with E-state index < -0.39 is 0 Å². The van der Waals surface area contributed by atoms with E-state index in [0.29, 0.717) is 6.54 Å². The van der Waals surface area contributed by atoms with Gasteiger partial charge in [0.1, 0.15) is 0 Å². The van der Waals surface area contributed by atoms with Crippen LogP contribution in [-0.2, 0) is 9.47 Å². The zero-order valence-corrected chi connectivity index (χ0v) is 17.5. The molecule has 1 fully saturated rings. The van der Waals surface area contributed by atoms with E-state index in [1.54, 1.807) is 14.2 Å². The number of rotatable bonds is 8. The van der Waals surface area contributed by atoms with Crippen LogP contribution in [0, 0.1) is 0 Å². The number of hydrogen-bond donors (Lipinski definition) is 3. The van der Waals surface area contributed by atoms with Gasteiger partial charge < -0.3 is 25.4 Å². The third-order valence-electron chi connectivity index (χ3n) is 5.32. The molecular weight excluding hydrogens is 340 g/mol. The van der Waals surface area contributed by atoms with Crippen molar-refractivity contribution in [2.24, 2.45) is 4.99 Å². The van der Waals surface area contributed by atoms with Crippen LogP contribution in [0.2, 0.25) is 0 Å². The number of aliphatic imine (C=N–C) groups is 1. The first kappa shape index (κ1) is 21.7. The molecule has 0 radical (unpaired) electrons. The number of methoxy groups -OCH3 is 1. The van der Waals surface area contributed by atoms with Gasteiger partial charge >= 0.3 is 0 Å². The van der Waals surface area contributed by atoms with Gasteiger partial charge in [-0.15, -0.1) is 0 Å². The lowest BCUT2D eigenvalue weighted by molar-refractivity contribution is 0.0264. The van der Waals surface area contributed by atoms with Gasteiger partial charge in [0.15, 0.2) is 5.96 Å². The molecule has 0 amide bonds. The molecule has 6 heteroatoms. The summed E-state index contributed by atoms with van der Waals surface area (Å²) < 4.78 is 11.1. The van der Waals surface area contributed by atoms with Crippen LogP contribution in [0.1, 0.15) is 45.2 Å². The molecule has 6 nitrogen and oxygen atoms in total. The van der Waals surface area contributed by atoms with E-state index in [4.69, 9.17) is 9.47 Å². The van der Waals surface area contributed by atoms with E-state index in [9.17, 15) is 0 Å². The lowest BCUT2D eigenvalue weighted by Crippen LogP contribution is -2.58. The minimum atomic E-state index is -0.242. The maximum atomic E-state index is 5.62. The van der Waals surface area contributed by atoms with Gasteiger partial charge in [0, 0.05) is 52.0 Å². The molecule has 1 saturated heterocycles. The van der Waals surface area contributed by atoms with Gasteiger partial charge in [-0.25, -0.2) is 0 Å². The summed E-state index contributed by atoms with van der Waals surface area (Å²) in [6.07, 6.45) is 1.94. The van der Waals surface area contributed by atoms with Crippen molar-refractivity contribution in [3.8, 4) is 0 Å². The highest BCUT2D eigenvalue weighted by atomic mass is 16.5. The van der Waals surface area contributed by atoms with Crippen molar-refractivity contribution in [2.75, 3.05) is 40.5 Å². The van der Waals surface area contributed by atoms with Crippen molar-refractivity contribution in [3.63, 3.8) is 0 Å². The first-order valence-electron chi connectivity index (χ1n) is 9.80. The second-order valence-corrected chi connectivity index (χ2v) is 7.91. The fourth-order valence-corrected chi connectivity index (χ4v) is 3.26. The van der Waals surface area contributed by atoms with E-state index in [1.165, 1.54) is 5.56 Å². The summed E-state index contributed by atoms with van der Waals surface area (Å²) in [5.41, 5.74) is 1.03. The van der Waals surface area contributed by atoms with E-state index >= 15 is 0 Å². The molecule has 1 aromatic rings. The number of hydrogen-bond acceptors (Lipinski definition) is 4. The quantitative estimate of drug-likeness (QED) is 0.480. The number of benzene rings is 1. The van der Waals surface area contributed by atoms with Crippen LogP contribution in [0.4, 0.5) is 0 Å². The van der Waals surface area contributed by atoms with Crippen molar-refractivity contribution in [2.45, 2.75) is 50.8 Å². The molecule has 152 valence electrons.